The molecule has 1 unspecified atom stereocenters. The van der Waals surface area contributed by atoms with E-state index in [2.05, 4.69) is 26.0 Å². The van der Waals surface area contributed by atoms with Gasteiger partial charge in [0, 0.05) is 7.11 Å². The topological polar surface area (TPSA) is 9.23 Å². The summed E-state index contributed by atoms with van der Waals surface area (Å²) in [6, 6.07) is 0. The largest absolute Gasteiger partial charge is 0.438 e. The highest BCUT2D eigenvalue weighted by atomic mass is 16.4. The van der Waals surface area contributed by atoms with Gasteiger partial charge in [-0.1, -0.05) is 26.0 Å². The molecule has 0 spiro atoms. The maximum Gasteiger partial charge on any atom is 0.297 e. The summed E-state index contributed by atoms with van der Waals surface area (Å²) in [6.45, 7) is 5.01. The van der Waals surface area contributed by atoms with Crippen molar-refractivity contribution in [1.29, 1.82) is 0 Å². The molecule has 0 aromatic heterocycles. The van der Waals surface area contributed by atoms with Gasteiger partial charge in [-0.3, -0.25) is 0 Å². The van der Waals surface area contributed by atoms with Crippen LogP contribution in [0.3, 0.4) is 0 Å². The Morgan fingerprint density at radius 3 is 2.82 bits per heavy atom. The van der Waals surface area contributed by atoms with Crippen LogP contribution in [0.2, 0.25) is 12.6 Å². The smallest absolute Gasteiger partial charge is 0.297 e. The fourth-order valence-corrected chi connectivity index (χ4v) is 1.57. The second kappa shape index (κ2) is 3.96. The van der Waals surface area contributed by atoms with Gasteiger partial charge >= 0.3 is 0 Å². The molecule has 0 fully saturated rings. The minimum Gasteiger partial charge on any atom is -0.438 e. The molecule has 0 amide bonds. The average molecular weight is 152 g/mol. The van der Waals surface area contributed by atoms with Crippen LogP contribution in [0.4, 0.5) is 0 Å². The first-order chi connectivity index (χ1) is 5.24. The van der Waals surface area contributed by atoms with E-state index in [9.17, 15) is 0 Å². The van der Waals surface area contributed by atoms with E-state index in [4.69, 9.17) is 4.65 Å². The summed E-state index contributed by atoms with van der Waals surface area (Å²) < 4.78 is 5.32. The zero-order chi connectivity index (χ0) is 8.27. The second-order valence-electron chi connectivity index (χ2n) is 3.67. The first-order valence-electron chi connectivity index (χ1n) is 4.43. The summed E-state index contributed by atoms with van der Waals surface area (Å²) in [5.41, 5.74) is 0. The zero-order valence-electron chi connectivity index (χ0n) is 7.71. The molecule has 1 atom stereocenters. The molecule has 0 bridgehead atoms. The Hall–Kier alpha value is -0.235. The molecule has 62 valence electrons. The van der Waals surface area contributed by atoms with E-state index in [1.165, 1.54) is 6.32 Å². The predicted molar refractivity (Wildman–Crippen MR) is 49.8 cm³/mol. The molecule has 0 aromatic rings. The van der Waals surface area contributed by atoms with Crippen molar-refractivity contribution in [2.75, 3.05) is 7.11 Å². The van der Waals surface area contributed by atoms with Crippen LogP contribution < -0.4 is 0 Å². The highest BCUT2D eigenvalue weighted by molar-refractivity contribution is 6.52. The van der Waals surface area contributed by atoms with E-state index >= 15 is 0 Å². The molecule has 1 heterocycles. The maximum atomic E-state index is 5.32. The summed E-state index contributed by atoms with van der Waals surface area (Å²) in [7, 11) is 1.81. The van der Waals surface area contributed by atoms with Crippen LogP contribution in [-0.4, -0.2) is 14.0 Å². The second-order valence-corrected chi connectivity index (χ2v) is 3.67. The molecule has 1 aliphatic heterocycles. The summed E-state index contributed by atoms with van der Waals surface area (Å²) in [5, 5.41) is 0. The van der Waals surface area contributed by atoms with E-state index in [1.54, 1.807) is 7.11 Å². The molecule has 0 saturated carbocycles. The Morgan fingerprint density at radius 2 is 2.27 bits per heavy atom. The van der Waals surface area contributed by atoms with Crippen LogP contribution in [0.1, 0.15) is 13.8 Å². The van der Waals surface area contributed by atoms with Crippen molar-refractivity contribution in [2.24, 2.45) is 11.8 Å². The van der Waals surface area contributed by atoms with E-state index in [-0.39, 0.29) is 0 Å². The van der Waals surface area contributed by atoms with Crippen LogP contribution >= 0.6 is 0 Å². The molecule has 0 aromatic carbocycles. The van der Waals surface area contributed by atoms with E-state index < -0.39 is 0 Å². The Morgan fingerprint density at radius 1 is 1.55 bits per heavy atom. The lowest BCUT2D eigenvalue weighted by molar-refractivity contribution is 0.395. The lowest BCUT2D eigenvalue weighted by Gasteiger charge is -2.23. The lowest BCUT2D eigenvalue weighted by Crippen LogP contribution is -2.24. The van der Waals surface area contributed by atoms with Gasteiger partial charge in [0.1, 0.15) is 0 Å². The van der Waals surface area contributed by atoms with Crippen LogP contribution in [0.25, 0.3) is 0 Å². The summed E-state index contributed by atoms with van der Waals surface area (Å²) in [6.07, 6.45) is 6.88. The molecule has 0 radical (unpaired) electrons. The van der Waals surface area contributed by atoms with Crippen LogP contribution in [0.15, 0.2) is 12.2 Å². The van der Waals surface area contributed by atoms with Gasteiger partial charge in [0.2, 0.25) is 0 Å². The van der Waals surface area contributed by atoms with Crippen molar-refractivity contribution in [3.05, 3.63) is 12.2 Å². The number of rotatable bonds is 2. The van der Waals surface area contributed by atoms with Crippen molar-refractivity contribution < 1.29 is 4.65 Å². The zero-order valence-corrected chi connectivity index (χ0v) is 7.71. The first kappa shape index (κ1) is 8.86. The first-order valence-corrected chi connectivity index (χ1v) is 4.43. The molecule has 1 rings (SSSR count). The minimum absolute atomic E-state index is 0.465. The lowest BCUT2D eigenvalue weighted by atomic mass is 9.54. The molecule has 11 heavy (non-hydrogen) atoms. The molecule has 0 saturated heterocycles. The van der Waals surface area contributed by atoms with Crippen molar-refractivity contribution >= 4 is 6.92 Å². The molecular formula is C9H17BO. The Balaban J connectivity index is 2.45. The fourth-order valence-electron chi connectivity index (χ4n) is 1.57. The van der Waals surface area contributed by atoms with Crippen molar-refractivity contribution in [2.45, 2.75) is 26.5 Å². The number of hydrogen-bond acceptors (Lipinski definition) is 1. The highest BCUT2D eigenvalue weighted by Gasteiger charge is 2.23. The summed E-state index contributed by atoms with van der Waals surface area (Å²) in [4.78, 5) is 0. The Bertz CT molecular complexity index is 142. The van der Waals surface area contributed by atoms with Gasteiger partial charge in [-0.05, 0) is 24.5 Å². The van der Waals surface area contributed by atoms with Crippen molar-refractivity contribution in [3.8, 4) is 0 Å². The quantitative estimate of drug-likeness (QED) is 0.436. The minimum atomic E-state index is 0.465. The van der Waals surface area contributed by atoms with Crippen molar-refractivity contribution in [3.63, 3.8) is 0 Å². The van der Waals surface area contributed by atoms with Crippen molar-refractivity contribution in [1.82, 2.24) is 0 Å². The summed E-state index contributed by atoms with van der Waals surface area (Å²) >= 11 is 0. The van der Waals surface area contributed by atoms with Gasteiger partial charge in [-0.25, -0.2) is 0 Å². The molecule has 0 N–H and O–H groups in total. The Kier molecular flexibility index (Phi) is 3.19. The third kappa shape index (κ3) is 2.37. The van der Waals surface area contributed by atoms with Crippen LogP contribution in [-0.2, 0) is 4.65 Å². The third-order valence-corrected chi connectivity index (χ3v) is 2.51. The average Bonchev–Trinajstić information content (AvgIpc) is 2.05. The number of allylic oxidation sites excluding steroid dienone is 2. The van der Waals surface area contributed by atoms with Crippen LogP contribution in [0.5, 0.6) is 0 Å². The summed E-state index contributed by atoms with van der Waals surface area (Å²) in [5.74, 6) is 1.48. The standard InChI is InChI=1S/C9H17BO/c1-8(2)9-5-4-6-10(7-9)11-3/h4-5,8-9H,6-7H2,1-3H3. The molecule has 1 aliphatic rings. The predicted octanol–water partition coefficient (Wildman–Crippen LogP) is 2.47. The van der Waals surface area contributed by atoms with E-state index in [0.717, 1.165) is 18.2 Å². The normalized spacial score (nSPS) is 24.7. The van der Waals surface area contributed by atoms with E-state index in [0.29, 0.717) is 6.92 Å². The maximum absolute atomic E-state index is 5.32. The van der Waals surface area contributed by atoms with Gasteiger partial charge in [0.05, 0.1) is 0 Å². The van der Waals surface area contributed by atoms with Gasteiger partial charge in [0.25, 0.3) is 6.92 Å². The van der Waals surface area contributed by atoms with Gasteiger partial charge in [-0.2, -0.15) is 0 Å². The van der Waals surface area contributed by atoms with E-state index in [1.807, 2.05) is 0 Å². The molecule has 2 heteroatoms. The molecular weight excluding hydrogens is 135 g/mol. The third-order valence-electron chi connectivity index (χ3n) is 2.51. The van der Waals surface area contributed by atoms with Crippen LogP contribution in [0, 0.1) is 11.8 Å². The number of hydrogen-bond donors (Lipinski definition) is 0. The highest BCUT2D eigenvalue weighted by Crippen LogP contribution is 2.25. The fraction of sp³-hybridized carbons (Fsp3) is 0.778. The monoisotopic (exact) mass is 152 g/mol. The van der Waals surface area contributed by atoms with Gasteiger partial charge in [0.15, 0.2) is 0 Å². The van der Waals surface area contributed by atoms with Gasteiger partial charge < -0.3 is 4.65 Å². The molecule has 1 nitrogen and oxygen atoms in total. The Labute approximate surface area is 69.9 Å². The molecule has 0 aliphatic carbocycles. The van der Waals surface area contributed by atoms with Gasteiger partial charge in [-0.15, -0.1) is 0 Å². The SMILES string of the molecule is COB1CC=CC(C(C)C)C1.